The highest BCUT2D eigenvalue weighted by atomic mass is 16.4. The molecule has 4 N–H and O–H groups in total. The summed E-state index contributed by atoms with van der Waals surface area (Å²) in [5.41, 5.74) is 0. The fourth-order valence-electron chi connectivity index (χ4n) is 0.885. The number of amides is 3. The van der Waals surface area contributed by atoms with Gasteiger partial charge in [0, 0.05) is 19.5 Å². The molecule has 0 spiro atoms. The van der Waals surface area contributed by atoms with E-state index in [0.717, 1.165) is 0 Å². The predicted octanol–water partition coefficient (Wildman–Crippen LogP) is -0.715. The molecule has 0 aromatic rings. The Bertz CT molecular complexity index is 267. The Morgan fingerprint density at radius 1 is 1.25 bits per heavy atom. The van der Waals surface area contributed by atoms with Crippen LogP contribution in [0.1, 0.15) is 20.3 Å². The van der Waals surface area contributed by atoms with Crippen LogP contribution < -0.4 is 16.0 Å². The lowest BCUT2D eigenvalue weighted by Crippen LogP contribution is -2.45. The van der Waals surface area contributed by atoms with Gasteiger partial charge in [-0.2, -0.15) is 0 Å². The summed E-state index contributed by atoms with van der Waals surface area (Å²) in [4.78, 5) is 32.5. The Labute approximate surface area is 93.6 Å². The molecule has 0 aromatic carbocycles. The van der Waals surface area contributed by atoms with Crippen molar-refractivity contribution in [1.29, 1.82) is 0 Å². The van der Waals surface area contributed by atoms with E-state index in [-0.39, 0.29) is 18.9 Å². The van der Waals surface area contributed by atoms with Gasteiger partial charge in [0.15, 0.2) is 0 Å². The summed E-state index contributed by atoms with van der Waals surface area (Å²) in [6.07, 6.45) is 0.169. The zero-order chi connectivity index (χ0) is 12.6. The quantitative estimate of drug-likeness (QED) is 0.484. The number of hydrogen-bond donors (Lipinski definition) is 4. The second kappa shape index (κ2) is 7.49. The van der Waals surface area contributed by atoms with E-state index in [9.17, 15) is 14.4 Å². The average molecular weight is 231 g/mol. The second-order valence-electron chi connectivity index (χ2n) is 3.16. The molecule has 7 heteroatoms. The molecule has 0 saturated heterocycles. The number of carboxylic acid groups (broad SMARTS) is 1. The average Bonchev–Trinajstić information content (AvgIpc) is 2.17. The largest absolute Gasteiger partial charge is 0.480 e. The van der Waals surface area contributed by atoms with E-state index < -0.39 is 18.0 Å². The first-order chi connectivity index (χ1) is 7.47. The molecule has 0 fully saturated rings. The highest BCUT2D eigenvalue weighted by molar-refractivity contribution is 5.82. The Hall–Kier alpha value is -1.79. The highest BCUT2D eigenvalue weighted by Gasteiger charge is 2.13. The van der Waals surface area contributed by atoms with Crippen LogP contribution in [-0.4, -0.2) is 42.1 Å². The van der Waals surface area contributed by atoms with Crippen LogP contribution in [0.25, 0.3) is 0 Å². The molecule has 0 aliphatic rings. The van der Waals surface area contributed by atoms with Crippen molar-refractivity contribution in [2.24, 2.45) is 0 Å². The lowest BCUT2D eigenvalue weighted by Gasteiger charge is -2.10. The fourth-order valence-corrected chi connectivity index (χ4v) is 0.885. The van der Waals surface area contributed by atoms with E-state index in [0.29, 0.717) is 6.54 Å². The molecule has 0 rings (SSSR count). The van der Waals surface area contributed by atoms with Crippen molar-refractivity contribution >= 4 is 17.9 Å². The molecule has 1 atom stereocenters. The first-order valence-electron chi connectivity index (χ1n) is 5.01. The normalized spacial score (nSPS) is 11.4. The maximum Gasteiger partial charge on any atom is 0.325 e. The summed E-state index contributed by atoms with van der Waals surface area (Å²) in [6, 6.07) is -1.55. The number of rotatable bonds is 6. The molecule has 0 aliphatic heterocycles. The smallest absolute Gasteiger partial charge is 0.325 e. The first kappa shape index (κ1) is 14.2. The van der Waals surface area contributed by atoms with E-state index in [4.69, 9.17) is 5.11 Å². The van der Waals surface area contributed by atoms with Crippen LogP contribution in [0.3, 0.4) is 0 Å². The molecule has 0 aromatic heterocycles. The van der Waals surface area contributed by atoms with Gasteiger partial charge in [0.05, 0.1) is 0 Å². The molecule has 0 saturated carbocycles. The molecule has 0 radical (unpaired) electrons. The third-order valence-electron chi connectivity index (χ3n) is 1.73. The third-order valence-corrected chi connectivity index (χ3v) is 1.73. The van der Waals surface area contributed by atoms with Gasteiger partial charge in [-0.05, 0) is 13.8 Å². The zero-order valence-electron chi connectivity index (χ0n) is 9.37. The molecular formula is C9H17N3O4. The molecule has 7 nitrogen and oxygen atoms in total. The van der Waals surface area contributed by atoms with Gasteiger partial charge < -0.3 is 21.1 Å². The maximum atomic E-state index is 11.1. The van der Waals surface area contributed by atoms with E-state index in [2.05, 4.69) is 16.0 Å². The number of carboxylic acids is 1. The van der Waals surface area contributed by atoms with Crippen molar-refractivity contribution in [3.63, 3.8) is 0 Å². The van der Waals surface area contributed by atoms with Crippen molar-refractivity contribution in [3.05, 3.63) is 0 Å². The minimum absolute atomic E-state index is 0.158. The van der Waals surface area contributed by atoms with Crippen LogP contribution in [0.15, 0.2) is 0 Å². The van der Waals surface area contributed by atoms with E-state index in [1.807, 2.05) is 0 Å². The van der Waals surface area contributed by atoms with E-state index in [1.165, 1.54) is 6.92 Å². The van der Waals surface area contributed by atoms with Gasteiger partial charge in [0.1, 0.15) is 6.04 Å². The molecule has 3 amide bonds. The molecule has 0 heterocycles. The van der Waals surface area contributed by atoms with Gasteiger partial charge in [-0.3, -0.25) is 9.59 Å². The Morgan fingerprint density at radius 3 is 2.38 bits per heavy atom. The summed E-state index contributed by atoms with van der Waals surface area (Å²) < 4.78 is 0. The maximum absolute atomic E-state index is 11.1. The van der Waals surface area contributed by atoms with Gasteiger partial charge in [-0.25, -0.2) is 4.79 Å². The van der Waals surface area contributed by atoms with Gasteiger partial charge in [0.25, 0.3) is 0 Å². The minimum atomic E-state index is -1.11. The predicted molar refractivity (Wildman–Crippen MR) is 56.9 cm³/mol. The van der Waals surface area contributed by atoms with Crippen molar-refractivity contribution < 1.29 is 19.5 Å². The molecule has 92 valence electrons. The molecule has 16 heavy (non-hydrogen) atoms. The van der Waals surface area contributed by atoms with Gasteiger partial charge in [-0.1, -0.05) is 0 Å². The number of urea groups is 1. The standard InChI is InChI=1S/C9H17N3O4/c1-3-10-7(13)4-5-11-9(16)12-6(2)8(14)15/h6H,3-5H2,1-2H3,(H,10,13)(H,14,15)(H2,11,12,16)/t6-/m0/s1. The highest BCUT2D eigenvalue weighted by Crippen LogP contribution is 1.82. The summed E-state index contributed by atoms with van der Waals surface area (Å²) >= 11 is 0. The summed E-state index contributed by atoms with van der Waals surface area (Å²) in [5.74, 6) is -1.27. The third kappa shape index (κ3) is 6.63. The van der Waals surface area contributed by atoms with Crippen LogP contribution in [0.5, 0.6) is 0 Å². The van der Waals surface area contributed by atoms with Crippen LogP contribution in [0.4, 0.5) is 4.79 Å². The summed E-state index contributed by atoms with van der Waals surface area (Å²) in [5, 5.41) is 15.7. The monoisotopic (exact) mass is 231 g/mol. The number of carbonyl (C=O) groups excluding carboxylic acids is 2. The first-order valence-corrected chi connectivity index (χ1v) is 5.01. The minimum Gasteiger partial charge on any atom is -0.480 e. The van der Waals surface area contributed by atoms with Crippen LogP contribution >= 0.6 is 0 Å². The summed E-state index contributed by atoms with van der Waals surface area (Å²) in [6.45, 7) is 3.86. The van der Waals surface area contributed by atoms with Crippen molar-refractivity contribution in [1.82, 2.24) is 16.0 Å². The Kier molecular flexibility index (Phi) is 6.66. The number of aliphatic carboxylic acids is 1. The van der Waals surface area contributed by atoms with Crippen LogP contribution in [-0.2, 0) is 9.59 Å². The molecule has 0 unspecified atom stereocenters. The number of hydrogen-bond acceptors (Lipinski definition) is 3. The lowest BCUT2D eigenvalue weighted by atomic mass is 10.3. The summed E-state index contributed by atoms with van der Waals surface area (Å²) in [7, 11) is 0. The lowest BCUT2D eigenvalue weighted by molar-refractivity contribution is -0.138. The number of nitrogens with one attached hydrogen (secondary N) is 3. The van der Waals surface area contributed by atoms with Gasteiger partial charge in [-0.15, -0.1) is 0 Å². The van der Waals surface area contributed by atoms with Crippen molar-refractivity contribution in [2.45, 2.75) is 26.3 Å². The van der Waals surface area contributed by atoms with E-state index in [1.54, 1.807) is 6.92 Å². The Balaban J connectivity index is 3.66. The SMILES string of the molecule is CCNC(=O)CCNC(=O)N[C@@H](C)C(=O)O. The molecule has 0 bridgehead atoms. The van der Waals surface area contributed by atoms with Crippen LogP contribution in [0.2, 0.25) is 0 Å². The van der Waals surface area contributed by atoms with Crippen molar-refractivity contribution in [3.8, 4) is 0 Å². The molecule has 0 aliphatic carbocycles. The second-order valence-corrected chi connectivity index (χ2v) is 3.16. The topological polar surface area (TPSA) is 108 Å². The van der Waals surface area contributed by atoms with Gasteiger partial charge >= 0.3 is 12.0 Å². The van der Waals surface area contributed by atoms with Crippen molar-refractivity contribution in [2.75, 3.05) is 13.1 Å². The van der Waals surface area contributed by atoms with Crippen LogP contribution in [0, 0.1) is 0 Å². The zero-order valence-corrected chi connectivity index (χ0v) is 9.37. The number of carbonyl (C=O) groups is 3. The Morgan fingerprint density at radius 2 is 1.88 bits per heavy atom. The fraction of sp³-hybridized carbons (Fsp3) is 0.667. The van der Waals surface area contributed by atoms with E-state index >= 15 is 0 Å². The van der Waals surface area contributed by atoms with Gasteiger partial charge in [0.2, 0.25) is 5.91 Å². The molecular weight excluding hydrogens is 214 g/mol.